The maximum Gasteiger partial charge on any atom is 0.416 e. The van der Waals surface area contributed by atoms with E-state index >= 15 is 0 Å². The number of nitrogens with two attached hydrogens (primary N) is 1. The molecule has 3 N–H and O–H groups in total. The van der Waals surface area contributed by atoms with E-state index in [2.05, 4.69) is 10.3 Å². The Bertz CT molecular complexity index is 684. The molecule has 1 amide bonds. The van der Waals surface area contributed by atoms with Crippen molar-refractivity contribution in [1.82, 2.24) is 4.98 Å². The highest BCUT2D eigenvalue weighted by Crippen LogP contribution is 2.32. The molecule has 1 aromatic heterocycles. The van der Waals surface area contributed by atoms with Crippen LogP contribution in [0.25, 0.3) is 0 Å². The van der Waals surface area contributed by atoms with E-state index in [1.54, 1.807) is 13.0 Å². The van der Waals surface area contributed by atoms with Gasteiger partial charge in [-0.3, -0.25) is 4.79 Å². The lowest BCUT2D eigenvalue weighted by molar-refractivity contribution is -0.137. The third kappa shape index (κ3) is 4.21. The average Bonchev–Trinajstić information content (AvgIpc) is 2.50. The molecule has 0 saturated heterocycles. The van der Waals surface area contributed by atoms with E-state index in [0.29, 0.717) is 23.5 Å². The van der Waals surface area contributed by atoms with Crippen LogP contribution in [0.1, 0.15) is 30.4 Å². The van der Waals surface area contributed by atoms with Gasteiger partial charge in [-0.2, -0.15) is 13.2 Å². The van der Waals surface area contributed by atoms with Crippen LogP contribution in [0, 0.1) is 0 Å². The summed E-state index contributed by atoms with van der Waals surface area (Å²) >= 11 is 0. The van der Waals surface area contributed by atoms with Crippen LogP contribution in [-0.2, 0) is 11.0 Å². The fourth-order valence-corrected chi connectivity index (χ4v) is 2.21. The largest absolute Gasteiger partial charge is 0.416 e. The number of nitrogens with one attached hydrogen (secondary N) is 1. The standard InChI is InChI=1S/C16H16F3N3O/c1-2-13(10-4-3-5-11(8-10)16(17,18)19)15(23)22-12-6-7-14(20)21-9-12/h3-9,13H,2H2,1H3,(H2,20,21)(H,22,23). The number of pyridine rings is 1. The topological polar surface area (TPSA) is 68.0 Å². The van der Waals surface area contributed by atoms with E-state index in [9.17, 15) is 18.0 Å². The highest BCUT2D eigenvalue weighted by molar-refractivity contribution is 5.95. The molecule has 4 nitrogen and oxygen atoms in total. The van der Waals surface area contributed by atoms with Crippen LogP contribution in [0.2, 0.25) is 0 Å². The SMILES string of the molecule is CCC(C(=O)Nc1ccc(N)nc1)c1cccc(C(F)(F)F)c1. The smallest absolute Gasteiger partial charge is 0.384 e. The van der Waals surface area contributed by atoms with E-state index in [4.69, 9.17) is 5.73 Å². The second-order valence-corrected chi connectivity index (χ2v) is 5.05. The second-order valence-electron chi connectivity index (χ2n) is 5.05. The zero-order valence-corrected chi connectivity index (χ0v) is 12.4. The number of halogens is 3. The van der Waals surface area contributed by atoms with Gasteiger partial charge in [0.15, 0.2) is 0 Å². The van der Waals surface area contributed by atoms with Crippen LogP contribution in [0.5, 0.6) is 0 Å². The summed E-state index contributed by atoms with van der Waals surface area (Å²) in [6.07, 6.45) is -2.67. The van der Waals surface area contributed by atoms with Gasteiger partial charge < -0.3 is 11.1 Å². The predicted molar refractivity (Wildman–Crippen MR) is 81.8 cm³/mol. The van der Waals surface area contributed by atoms with E-state index in [0.717, 1.165) is 12.1 Å². The monoisotopic (exact) mass is 323 g/mol. The summed E-state index contributed by atoms with van der Waals surface area (Å²) in [6.45, 7) is 1.74. The molecule has 2 aromatic rings. The first-order chi connectivity index (χ1) is 10.8. The molecule has 23 heavy (non-hydrogen) atoms. The molecule has 0 radical (unpaired) electrons. The summed E-state index contributed by atoms with van der Waals surface area (Å²) in [4.78, 5) is 16.2. The molecule has 7 heteroatoms. The Morgan fingerprint density at radius 3 is 2.61 bits per heavy atom. The van der Waals surface area contributed by atoms with Crippen molar-refractivity contribution in [2.24, 2.45) is 0 Å². The lowest BCUT2D eigenvalue weighted by Crippen LogP contribution is -2.21. The van der Waals surface area contributed by atoms with Gasteiger partial charge in [0, 0.05) is 0 Å². The van der Waals surface area contributed by atoms with Crippen molar-refractivity contribution in [2.75, 3.05) is 11.1 Å². The second kappa shape index (κ2) is 6.68. The minimum atomic E-state index is -4.44. The Morgan fingerprint density at radius 2 is 2.04 bits per heavy atom. The molecular formula is C16H16F3N3O. The number of benzene rings is 1. The fraction of sp³-hybridized carbons (Fsp3) is 0.250. The zero-order valence-electron chi connectivity index (χ0n) is 12.4. The summed E-state index contributed by atoms with van der Waals surface area (Å²) < 4.78 is 38.4. The molecule has 1 atom stereocenters. The molecule has 1 unspecified atom stereocenters. The van der Waals surface area contributed by atoms with Crippen molar-refractivity contribution >= 4 is 17.4 Å². The van der Waals surface area contributed by atoms with E-state index < -0.39 is 23.6 Å². The Hall–Kier alpha value is -2.57. The zero-order chi connectivity index (χ0) is 17.0. The van der Waals surface area contributed by atoms with Crippen molar-refractivity contribution in [2.45, 2.75) is 25.4 Å². The van der Waals surface area contributed by atoms with Gasteiger partial charge in [0.25, 0.3) is 0 Å². The van der Waals surface area contributed by atoms with Crippen LogP contribution in [0.15, 0.2) is 42.6 Å². The highest BCUT2D eigenvalue weighted by Gasteiger charge is 2.31. The first-order valence-corrected chi connectivity index (χ1v) is 7.00. The van der Waals surface area contributed by atoms with Crippen LogP contribution >= 0.6 is 0 Å². The Morgan fingerprint density at radius 1 is 1.30 bits per heavy atom. The molecule has 0 bridgehead atoms. The molecule has 2 rings (SSSR count). The molecular weight excluding hydrogens is 307 g/mol. The number of carbonyl (C=O) groups is 1. The van der Waals surface area contributed by atoms with Crippen LogP contribution in [-0.4, -0.2) is 10.9 Å². The van der Waals surface area contributed by atoms with E-state index in [-0.39, 0.29) is 0 Å². The van der Waals surface area contributed by atoms with Gasteiger partial charge in [-0.1, -0.05) is 25.1 Å². The Balaban J connectivity index is 2.22. The minimum Gasteiger partial charge on any atom is -0.384 e. The number of aromatic nitrogens is 1. The van der Waals surface area contributed by atoms with Crippen LogP contribution < -0.4 is 11.1 Å². The summed E-state index contributed by atoms with van der Waals surface area (Å²) in [7, 11) is 0. The normalized spacial score (nSPS) is 12.7. The average molecular weight is 323 g/mol. The van der Waals surface area contributed by atoms with Gasteiger partial charge in [-0.15, -0.1) is 0 Å². The van der Waals surface area contributed by atoms with Crippen molar-refractivity contribution in [3.63, 3.8) is 0 Å². The molecule has 1 heterocycles. The molecule has 0 aliphatic rings. The number of nitrogen functional groups attached to an aromatic ring is 1. The van der Waals surface area contributed by atoms with Gasteiger partial charge in [0.1, 0.15) is 5.82 Å². The van der Waals surface area contributed by atoms with Gasteiger partial charge in [-0.05, 0) is 30.2 Å². The third-order valence-corrected chi connectivity index (χ3v) is 3.39. The van der Waals surface area contributed by atoms with Crippen molar-refractivity contribution < 1.29 is 18.0 Å². The first kappa shape index (κ1) is 16.8. The maximum atomic E-state index is 12.8. The highest BCUT2D eigenvalue weighted by atomic mass is 19.4. The molecule has 0 fully saturated rings. The van der Waals surface area contributed by atoms with Gasteiger partial charge in [-0.25, -0.2) is 4.98 Å². The Kier molecular flexibility index (Phi) is 4.88. The third-order valence-electron chi connectivity index (χ3n) is 3.39. The van der Waals surface area contributed by atoms with Gasteiger partial charge in [0.05, 0.1) is 23.4 Å². The fourth-order valence-electron chi connectivity index (χ4n) is 2.21. The molecule has 0 saturated carbocycles. The minimum absolute atomic E-state index is 0.313. The molecule has 1 aromatic carbocycles. The van der Waals surface area contributed by atoms with E-state index in [1.807, 2.05) is 0 Å². The maximum absolute atomic E-state index is 12.8. The number of anilines is 2. The summed E-state index contributed by atoms with van der Waals surface area (Å²) in [5.41, 5.74) is 5.46. The lowest BCUT2D eigenvalue weighted by Gasteiger charge is -2.17. The van der Waals surface area contributed by atoms with Crippen LogP contribution in [0.3, 0.4) is 0 Å². The summed E-state index contributed by atoms with van der Waals surface area (Å²) in [5, 5.41) is 2.64. The predicted octanol–water partition coefficient (Wildman–Crippen LogP) is 3.81. The lowest BCUT2D eigenvalue weighted by atomic mass is 9.94. The molecule has 0 spiro atoms. The molecule has 0 aliphatic heterocycles. The quantitative estimate of drug-likeness (QED) is 0.899. The number of rotatable bonds is 4. The molecule has 122 valence electrons. The number of amides is 1. The number of hydrogen-bond donors (Lipinski definition) is 2. The van der Waals surface area contributed by atoms with Crippen LogP contribution in [0.4, 0.5) is 24.7 Å². The van der Waals surface area contributed by atoms with E-state index in [1.165, 1.54) is 24.4 Å². The Labute approximate surface area is 131 Å². The van der Waals surface area contributed by atoms with Gasteiger partial charge in [0.2, 0.25) is 5.91 Å². The first-order valence-electron chi connectivity index (χ1n) is 7.00. The number of carbonyl (C=O) groups excluding carboxylic acids is 1. The van der Waals surface area contributed by atoms with Crippen molar-refractivity contribution in [1.29, 1.82) is 0 Å². The summed E-state index contributed by atoms with van der Waals surface area (Å²) in [5.74, 6) is -0.763. The van der Waals surface area contributed by atoms with Gasteiger partial charge >= 0.3 is 6.18 Å². The molecule has 0 aliphatic carbocycles. The van der Waals surface area contributed by atoms with Crippen molar-refractivity contribution in [3.8, 4) is 0 Å². The number of alkyl halides is 3. The van der Waals surface area contributed by atoms with Crippen molar-refractivity contribution in [3.05, 3.63) is 53.7 Å². The number of hydrogen-bond acceptors (Lipinski definition) is 3. The number of nitrogens with zero attached hydrogens (tertiary/aromatic N) is 1. The summed E-state index contributed by atoms with van der Waals surface area (Å²) in [6, 6.07) is 7.93.